The van der Waals surface area contributed by atoms with Crippen molar-refractivity contribution in [1.82, 2.24) is 5.32 Å². The molecule has 0 unspecified atom stereocenters. The summed E-state index contributed by atoms with van der Waals surface area (Å²) in [5.74, 6) is 0.410. The Labute approximate surface area is 138 Å². The molecule has 0 saturated carbocycles. The zero-order valence-corrected chi connectivity index (χ0v) is 13.0. The number of hydrogen-bond acceptors (Lipinski definition) is 5. The van der Waals surface area contributed by atoms with E-state index in [-0.39, 0.29) is 18.3 Å². The summed E-state index contributed by atoms with van der Waals surface area (Å²) >= 11 is 0. The predicted molar refractivity (Wildman–Crippen MR) is 85.2 cm³/mol. The van der Waals surface area contributed by atoms with Gasteiger partial charge in [0.05, 0.1) is 11.5 Å². The average molecular weight is 332 g/mol. The summed E-state index contributed by atoms with van der Waals surface area (Å²) in [5.41, 5.74) is 2.56. The van der Waals surface area contributed by atoms with Crippen molar-refractivity contribution >= 4 is 5.69 Å². The lowest BCUT2D eigenvalue weighted by atomic mass is 10.1. The molecule has 7 heteroatoms. The molecule has 1 heterocycles. The SMILES string of the molecule is O=[N+]([O-])c1ccc(CNCCc2cc(F)cc3c2OCOC3)cc1. The van der Waals surface area contributed by atoms with Gasteiger partial charge < -0.3 is 14.8 Å². The standard InChI is InChI=1S/C17H17FN2O4/c18-15-7-13(17-14(8-15)10-23-11-24-17)5-6-19-9-12-1-3-16(4-2-12)20(21)22/h1-4,7-8,19H,5-6,9-11H2. The van der Waals surface area contributed by atoms with E-state index in [1.54, 1.807) is 12.1 Å². The number of rotatable bonds is 6. The van der Waals surface area contributed by atoms with Gasteiger partial charge in [-0.2, -0.15) is 0 Å². The van der Waals surface area contributed by atoms with Crippen LogP contribution in [0.1, 0.15) is 16.7 Å². The van der Waals surface area contributed by atoms with E-state index in [4.69, 9.17) is 9.47 Å². The van der Waals surface area contributed by atoms with Crippen LogP contribution in [0, 0.1) is 15.9 Å². The van der Waals surface area contributed by atoms with Gasteiger partial charge in [-0.25, -0.2) is 4.39 Å². The molecule has 0 bridgehead atoms. The molecule has 2 aromatic rings. The van der Waals surface area contributed by atoms with Crippen LogP contribution in [0.2, 0.25) is 0 Å². The van der Waals surface area contributed by atoms with Crippen molar-refractivity contribution in [1.29, 1.82) is 0 Å². The zero-order valence-electron chi connectivity index (χ0n) is 13.0. The maximum absolute atomic E-state index is 13.6. The largest absolute Gasteiger partial charge is 0.467 e. The van der Waals surface area contributed by atoms with Gasteiger partial charge in [-0.15, -0.1) is 0 Å². The normalized spacial score (nSPS) is 13.2. The Bertz CT molecular complexity index is 734. The molecule has 126 valence electrons. The van der Waals surface area contributed by atoms with Crippen LogP contribution in [0.25, 0.3) is 0 Å². The molecule has 2 aromatic carbocycles. The van der Waals surface area contributed by atoms with Gasteiger partial charge in [0.15, 0.2) is 6.79 Å². The second-order valence-corrected chi connectivity index (χ2v) is 5.51. The Morgan fingerprint density at radius 1 is 1.25 bits per heavy atom. The summed E-state index contributed by atoms with van der Waals surface area (Å²) in [4.78, 5) is 10.2. The van der Waals surface area contributed by atoms with Crippen molar-refractivity contribution in [2.75, 3.05) is 13.3 Å². The lowest BCUT2D eigenvalue weighted by molar-refractivity contribution is -0.384. The Morgan fingerprint density at radius 2 is 2.04 bits per heavy atom. The van der Waals surface area contributed by atoms with E-state index in [1.165, 1.54) is 24.3 Å². The molecule has 0 aliphatic carbocycles. The zero-order chi connectivity index (χ0) is 16.9. The molecule has 6 nitrogen and oxygen atoms in total. The Morgan fingerprint density at radius 3 is 2.79 bits per heavy atom. The quantitative estimate of drug-likeness (QED) is 0.500. The second-order valence-electron chi connectivity index (χ2n) is 5.51. The van der Waals surface area contributed by atoms with Crippen molar-refractivity contribution in [3.63, 3.8) is 0 Å². The molecule has 0 atom stereocenters. The monoisotopic (exact) mass is 332 g/mol. The maximum Gasteiger partial charge on any atom is 0.269 e. The van der Waals surface area contributed by atoms with Gasteiger partial charge in [0.2, 0.25) is 0 Å². The fourth-order valence-electron chi connectivity index (χ4n) is 2.63. The van der Waals surface area contributed by atoms with Crippen LogP contribution in [0.4, 0.5) is 10.1 Å². The highest BCUT2D eigenvalue weighted by Crippen LogP contribution is 2.29. The minimum Gasteiger partial charge on any atom is -0.467 e. The maximum atomic E-state index is 13.6. The van der Waals surface area contributed by atoms with Crippen LogP contribution in [-0.2, 0) is 24.3 Å². The van der Waals surface area contributed by atoms with Crippen LogP contribution < -0.4 is 10.1 Å². The number of benzene rings is 2. The minimum atomic E-state index is -0.423. The van der Waals surface area contributed by atoms with E-state index in [1.807, 2.05) is 0 Å². The van der Waals surface area contributed by atoms with Gasteiger partial charge in [0, 0.05) is 24.2 Å². The highest BCUT2D eigenvalue weighted by Gasteiger charge is 2.16. The van der Waals surface area contributed by atoms with Crippen LogP contribution >= 0.6 is 0 Å². The van der Waals surface area contributed by atoms with Gasteiger partial charge in [-0.1, -0.05) is 12.1 Å². The topological polar surface area (TPSA) is 73.6 Å². The number of halogens is 1. The fraction of sp³-hybridized carbons (Fsp3) is 0.294. The van der Waals surface area contributed by atoms with Crippen molar-refractivity contribution in [3.05, 3.63) is 69.0 Å². The van der Waals surface area contributed by atoms with Gasteiger partial charge in [-0.05, 0) is 36.2 Å². The van der Waals surface area contributed by atoms with Gasteiger partial charge in [0.1, 0.15) is 11.6 Å². The first kappa shape index (κ1) is 16.4. The number of nitro groups is 1. The third kappa shape index (κ3) is 3.87. The van der Waals surface area contributed by atoms with E-state index < -0.39 is 4.92 Å². The average Bonchev–Trinajstić information content (AvgIpc) is 2.58. The number of nitrogens with zero attached hydrogens (tertiary/aromatic N) is 1. The molecule has 0 fully saturated rings. The molecule has 1 N–H and O–H groups in total. The predicted octanol–water partition coefficient (Wildman–Crippen LogP) is 2.93. The minimum absolute atomic E-state index is 0.0736. The van der Waals surface area contributed by atoms with E-state index in [0.29, 0.717) is 31.9 Å². The Hall–Kier alpha value is -2.51. The molecule has 1 aliphatic heterocycles. The fourth-order valence-corrected chi connectivity index (χ4v) is 2.63. The molecule has 3 rings (SSSR count). The molecule has 24 heavy (non-hydrogen) atoms. The first-order valence-corrected chi connectivity index (χ1v) is 7.59. The Kier molecular flexibility index (Phi) is 5.02. The molecule has 1 aliphatic rings. The summed E-state index contributed by atoms with van der Waals surface area (Å²) in [6.45, 7) is 1.76. The summed E-state index contributed by atoms with van der Waals surface area (Å²) < 4.78 is 24.3. The summed E-state index contributed by atoms with van der Waals surface area (Å²) in [6, 6.07) is 9.31. The number of fused-ring (bicyclic) bond motifs is 1. The molecule has 0 aromatic heterocycles. The van der Waals surface area contributed by atoms with Crippen molar-refractivity contribution < 1.29 is 18.8 Å². The number of ether oxygens (including phenoxy) is 2. The van der Waals surface area contributed by atoms with Crippen molar-refractivity contribution in [2.24, 2.45) is 0 Å². The molecule has 0 saturated heterocycles. The van der Waals surface area contributed by atoms with E-state index in [0.717, 1.165) is 16.7 Å². The highest BCUT2D eigenvalue weighted by atomic mass is 19.1. The lowest BCUT2D eigenvalue weighted by Gasteiger charge is -2.21. The number of nitrogens with one attached hydrogen (secondary N) is 1. The number of hydrogen-bond donors (Lipinski definition) is 1. The van der Waals surface area contributed by atoms with Gasteiger partial charge in [0.25, 0.3) is 5.69 Å². The van der Waals surface area contributed by atoms with Crippen LogP contribution in [-0.4, -0.2) is 18.3 Å². The van der Waals surface area contributed by atoms with Gasteiger partial charge >= 0.3 is 0 Å². The first-order valence-electron chi connectivity index (χ1n) is 7.59. The summed E-state index contributed by atoms with van der Waals surface area (Å²) in [5, 5.41) is 13.9. The lowest BCUT2D eigenvalue weighted by Crippen LogP contribution is -2.19. The van der Waals surface area contributed by atoms with Gasteiger partial charge in [-0.3, -0.25) is 10.1 Å². The molecule has 0 spiro atoms. The number of non-ortho nitro benzene ring substituents is 1. The van der Waals surface area contributed by atoms with Crippen molar-refractivity contribution in [3.8, 4) is 5.75 Å². The Balaban J connectivity index is 1.55. The van der Waals surface area contributed by atoms with E-state index in [2.05, 4.69) is 5.32 Å². The third-order valence-corrected chi connectivity index (χ3v) is 3.80. The van der Waals surface area contributed by atoms with E-state index in [9.17, 15) is 14.5 Å². The molecule has 0 amide bonds. The smallest absolute Gasteiger partial charge is 0.269 e. The second kappa shape index (κ2) is 7.37. The molecule has 0 radical (unpaired) electrons. The molecular weight excluding hydrogens is 315 g/mol. The number of nitro benzene ring substituents is 1. The van der Waals surface area contributed by atoms with Crippen molar-refractivity contribution in [2.45, 2.75) is 19.6 Å². The van der Waals surface area contributed by atoms with E-state index >= 15 is 0 Å². The summed E-state index contributed by atoms with van der Waals surface area (Å²) in [7, 11) is 0. The van der Waals surface area contributed by atoms with Crippen LogP contribution in [0.15, 0.2) is 36.4 Å². The third-order valence-electron chi connectivity index (χ3n) is 3.80. The van der Waals surface area contributed by atoms with Crippen LogP contribution in [0.3, 0.4) is 0 Å². The van der Waals surface area contributed by atoms with Crippen LogP contribution in [0.5, 0.6) is 5.75 Å². The first-order chi connectivity index (χ1) is 11.6. The summed E-state index contributed by atoms with van der Waals surface area (Å²) in [6.07, 6.45) is 0.618. The molecular formula is C17H17FN2O4. The highest BCUT2D eigenvalue weighted by molar-refractivity contribution is 5.42.